The van der Waals surface area contributed by atoms with Gasteiger partial charge in [-0.05, 0) is 48.6 Å². The molecule has 2 aromatic rings. The lowest BCUT2D eigenvalue weighted by Gasteiger charge is -2.12. The van der Waals surface area contributed by atoms with Gasteiger partial charge in [-0.15, -0.1) is 0 Å². The van der Waals surface area contributed by atoms with E-state index in [1.54, 1.807) is 30.3 Å². The number of rotatable bonds is 2. The van der Waals surface area contributed by atoms with Crippen LogP contribution in [-0.4, -0.2) is 5.11 Å². The fourth-order valence-electron chi connectivity index (χ4n) is 1.44. The molecule has 0 unspecified atom stereocenters. The number of nitrogens with one attached hydrogen (secondary N) is 2. The Balaban J connectivity index is 2.07. The minimum absolute atomic E-state index is 0.409. The summed E-state index contributed by atoms with van der Waals surface area (Å²) < 4.78 is 0. The standard InChI is InChI=1S/C13H9Cl3N2S/c14-8-2-1-3-10(6-8)17-13(19)18-12-7-9(15)4-5-11(12)16/h1-7H,(H2,17,18,19). The Kier molecular flexibility index (Phi) is 4.88. The van der Waals surface area contributed by atoms with E-state index < -0.39 is 0 Å². The topological polar surface area (TPSA) is 24.1 Å². The van der Waals surface area contributed by atoms with Crippen LogP contribution in [0.5, 0.6) is 0 Å². The van der Waals surface area contributed by atoms with Gasteiger partial charge in [0, 0.05) is 15.7 Å². The lowest BCUT2D eigenvalue weighted by Crippen LogP contribution is -2.19. The van der Waals surface area contributed by atoms with Crippen molar-refractivity contribution in [2.24, 2.45) is 0 Å². The van der Waals surface area contributed by atoms with Gasteiger partial charge in [0.25, 0.3) is 0 Å². The van der Waals surface area contributed by atoms with Crippen LogP contribution in [0.25, 0.3) is 0 Å². The third-order valence-electron chi connectivity index (χ3n) is 2.26. The van der Waals surface area contributed by atoms with Gasteiger partial charge < -0.3 is 10.6 Å². The first-order valence-corrected chi connectivity index (χ1v) is 6.87. The molecule has 0 heterocycles. The molecular formula is C13H9Cl3N2S. The van der Waals surface area contributed by atoms with E-state index in [1.807, 2.05) is 12.1 Å². The molecule has 0 aliphatic rings. The normalized spacial score (nSPS) is 10.1. The molecule has 19 heavy (non-hydrogen) atoms. The molecule has 0 bridgehead atoms. The zero-order chi connectivity index (χ0) is 13.8. The molecule has 0 aromatic heterocycles. The van der Waals surface area contributed by atoms with Crippen LogP contribution in [0.2, 0.25) is 15.1 Å². The first kappa shape index (κ1) is 14.4. The predicted molar refractivity (Wildman–Crippen MR) is 87.8 cm³/mol. The van der Waals surface area contributed by atoms with Gasteiger partial charge in [0.1, 0.15) is 0 Å². The van der Waals surface area contributed by atoms with Crippen molar-refractivity contribution in [1.82, 2.24) is 0 Å². The van der Waals surface area contributed by atoms with E-state index in [0.717, 1.165) is 5.69 Å². The summed E-state index contributed by atoms with van der Waals surface area (Å²) in [7, 11) is 0. The second-order valence-corrected chi connectivity index (χ2v) is 5.40. The summed E-state index contributed by atoms with van der Waals surface area (Å²) in [4.78, 5) is 0. The molecule has 0 amide bonds. The third kappa shape index (κ3) is 4.25. The fraction of sp³-hybridized carbons (Fsp3) is 0. The summed E-state index contributed by atoms with van der Waals surface area (Å²) in [5, 5.41) is 8.16. The van der Waals surface area contributed by atoms with E-state index in [9.17, 15) is 0 Å². The molecule has 2 rings (SSSR count). The molecule has 0 aliphatic heterocycles. The maximum atomic E-state index is 6.04. The molecule has 6 heteroatoms. The van der Waals surface area contributed by atoms with Crippen LogP contribution >= 0.6 is 47.0 Å². The van der Waals surface area contributed by atoms with E-state index in [0.29, 0.717) is 25.9 Å². The first-order chi connectivity index (χ1) is 9.04. The van der Waals surface area contributed by atoms with Crippen LogP contribution in [0.1, 0.15) is 0 Å². The Hall–Kier alpha value is -1.000. The predicted octanol–water partition coefficient (Wildman–Crippen LogP) is 5.46. The van der Waals surface area contributed by atoms with Crippen LogP contribution in [0.3, 0.4) is 0 Å². The Bertz CT molecular complexity index is 617. The van der Waals surface area contributed by atoms with Crippen LogP contribution < -0.4 is 10.6 Å². The molecule has 0 saturated heterocycles. The molecule has 98 valence electrons. The van der Waals surface area contributed by atoms with Crippen LogP contribution in [0.15, 0.2) is 42.5 Å². The Morgan fingerprint density at radius 1 is 0.895 bits per heavy atom. The lowest BCUT2D eigenvalue weighted by atomic mass is 10.3. The average molecular weight is 332 g/mol. The maximum Gasteiger partial charge on any atom is 0.175 e. The minimum Gasteiger partial charge on any atom is -0.332 e. The molecule has 0 radical (unpaired) electrons. The van der Waals surface area contributed by atoms with Gasteiger partial charge in [-0.1, -0.05) is 40.9 Å². The second-order valence-electron chi connectivity index (χ2n) is 3.71. The summed E-state index contributed by atoms with van der Waals surface area (Å²) in [6.45, 7) is 0. The van der Waals surface area contributed by atoms with Crippen molar-refractivity contribution in [2.75, 3.05) is 10.6 Å². The number of thiocarbonyl (C=S) groups is 1. The van der Waals surface area contributed by atoms with E-state index in [4.69, 9.17) is 47.0 Å². The molecule has 0 saturated carbocycles. The largest absolute Gasteiger partial charge is 0.332 e. The van der Waals surface area contributed by atoms with Crippen molar-refractivity contribution < 1.29 is 0 Å². The highest BCUT2D eigenvalue weighted by Gasteiger charge is 2.04. The highest BCUT2D eigenvalue weighted by atomic mass is 35.5. The number of hydrogen-bond donors (Lipinski definition) is 2. The highest BCUT2D eigenvalue weighted by molar-refractivity contribution is 7.80. The summed E-state index contributed by atoms with van der Waals surface area (Å²) in [6, 6.07) is 12.4. The van der Waals surface area contributed by atoms with Crippen molar-refractivity contribution in [1.29, 1.82) is 0 Å². The SMILES string of the molecule is S=C(Nc1cccc(Cl)c1)Nc1cc(Cl)ccc1Cl. The quantitative estimate of drug-likeness (QED) is 0.715. The summed E-state index contributed by atoms with van der Waals surface area (Å²) >= 11 is 23.0. The van der Waals surface area contributed by atoms with Gasteiger partial charge in [-0.25, -0.2) is 0 Å². The third-order valence-corrected chi connectivity index (χ3v) is 3.26. The average Bonchev–Trinajstić information content (AvgIpc) is 2.34. The van der Waals surface area contributed by atoms with Gasteiger partial charge >= 0.3 is 0 Å². The summed E-state index contributed by atoms with van der Waals surface area (Å²) in [6.07, 6.45) is 0. The summed E-state index contributed by atoms with van der Waals surface area (Å²) in [5.41, 5.74) is 1.44. The Morgan fingerprint density at radius 2 is 1.63 bits per heavy atom. The molecular weight excluding hydrogens is 323 g/mol. The molecule has 0 spiro atoms. The van der Waals surface area contributed by atoms with Gasteiger partial charge in [0.05, 0.1) is 10.7 Å². The monoisotopic (exact) mass is 330 g/mol. The molecule has 0 atom stereocenters. The van der Waals surface area contributed by atoms with Crippen molar-refractivity contribution >= 4 is 63.5 Å². The van der Waals surface area contributed by atoms with E-state index in [1.165, 1.54) is 0 Å². The van der Waals surface area contributed by atoms with Crippen molar-refractivity contribution in [3.05, 3.63) is 57.5 Å². The zero-order valence-electron chi connectivity index (χ0n) is 9.58. The molecule has 0 fully saturated rings. The van der Waals surface area contributed by atoms with E-state index in [2.05, 4.69) is 10.6 Å². The van der Waals surface area contributed by atoms with Gasteiger partial charge in [-0.3, -0.25) is 0 Å². The summed E-state index contributed by atoms with van der Waals surface area (Å²) in [5.74, 6) is 0. The minimum atomic E-state index is 0.409. The first-order valence-electron chi connectivity index (χ1n) is 5.33. The van der Waals surface area contributed by atoms with Crippen molar-refractivity contribution in [3.8, 4) is 0 Å². The lowest BCUT2D eigenvalue weighted by molar-refractivity contribution is 1.59. The zero-order valence-corrected chi connectivity index (χ0v) is 12.7. The fourth-order valence-corrected chi connectivity index (χ4v) is 2.20. The second kappa shape index (κ2) is 6.44. The van der Waals surface area contributed by atoms with Crippen LogP contribution in [0, 0.1) is 0 Å². The Morgan fingerprint density at radius 3 is 2.37 bits per heavy atom. The smallest absolute Gasteiger partial charge is 0.175 e. The van der Waals surface area contributed by atoms with Gasteiger partial charge in [0.15, 0.2) is 5.11 Å². The van der Waals surface area contributed by atoms with E-state index >= 15 is 0 Å². The Labute approximate surface area is 131 Å². The number of anilines is 2. The molecule has 2 nitrogen and oxygen atoms in total. The number of hydrogen-bond acceptors (Lipinski definition) is 1. The van der Waals surface area contributed by atoms with Crippen molar-refractivity contribution in [3.63, 3.8) is 0 Å². The van der Waals surface area contributed by atoms with Crippen LogP contribution in [-0.2, 0) is 0 Å². The molecule has 0 aliphatic carbocycles. The number of halogens is 3. The van der Waals surface area contributed by atoms with E-state index in [-0.39, 0.29) is 0 Å². The van der Waals surface area contributed by atoms with Crippen molar-refractivity contribution in [2.45, 2.75) is 0 Å². The van der Waals surface area contributed by atoms with Gasteiger partial charge in [0.2, 0.25) is 0 Å². The molecule has 2 N–H and O–H groups in total. The van der Waals surface area contributed by atoms with Gasteiger partial charge in [-0.2, -0.15) is 0 Å². The molecule has 2 aromatic carbocycles. The maximum absolute atomic E-state index is 6.04. The highest BCUT2D eigenvalue weighted by Crippen LogP contribution is 2.25. The van der Waals surface area contributed by atoms with Crippen LogP contribution in [0.4, 0.5) is 11.4 Å². The number of benzene rings is 2.